The summed E-state index contributed by atoms with van der Waals surface area (Å²) in [7, 11) is 1.46. The van der Waals surface area contributed by atoms with E-state index >= 15 is 0 Å². The molecule has 0 aromatic carbocycles. The minimum Gasteiger partial charge on any atom is -0.378 e. The summed E-state index contributed by atoms with van der Waals surface area (Å²) in [4.78, 5) is 0. The lowest BCUT2D eigenvalue weighted by molar-refractivity contribution is 0.123. The van der Waals surface area contributed by atoms with Crippen LogP contribution in [0.2, 0.25) is 0 Å². The molecule has 1 aromatic heterocycles. The molecule has 0 amide bonds. The minimum absolute atomic E-state index is 0.0876. The van der Waals surface area contributed by atoms with E-state index in [0.717, 1.165) is 6.42 Å². The first-order valence-electron chi connectivity index (χ1n) is 5.42. The van der Waals surface area contributed by atoms with Crippen molar-refractivity contribution in [2.75, 3.05) is 6.61 Å². The van der Waals surface area contributed by atoms with Crippen molar-refractivity contribution in [2.24, 2.45) is 0 Å². The first-order chi connectivity index (χ1) is 7.93. The molecule has 0 saturated carbocycles. The number of hydrogen-bond donors (Lipinski definition) is 0. The second-order valence-corrected chi connectivity index (χ2v) is 6.56. The zero-order chi connectivity index (χ0) is 12.6. The van der Waals surface area contributed by atoms with E-state index in [1.165, 1.54) is 4.57 Å². The monoisotopic (exact) mass is 279 g/mol. The van der Waals surface area contributed by atoms with Gasteiger partial charge in [-0.3, -0.25) is 0 Å². The summed E-state index contributed by atoms with van der Waals surface area (Å²) < 4.78 is 29.6. The summed E-state index contributed by atoms with van der Waals surface area (Å²) in [6, 6.07) is 0. The van der Waals surface area contributed by atoms with Crippen LogP contribution in [0.5, 0.6) is 0 Å². The van der Waals surface area contributed by atoms with Crippen LogP contribution >= 0.6 is 10.7 Å². The average molecular weight is 280 g/mol. The summed E-state index contributed by atoms with van der Waals surface area (Å²) in [5.41, 5.74) is 0. The molecule has 6 nitrogen and oxygen atoms in total. The van der Waals surface area contributed by atoms with Gasteiger partial charge in [-0.2, -0.15) is 0 Å². The third-order valence-corrected chi connectivity index (χ3v) is 4.00. The largest absolute Gasteiger partial charge is 0.378 e. The highest BCUT2D eigenvalue weighted by molar-refractivity contribution is 8.13. The Morgan fingerprint density at radius 1 is 1.53 bits per heavy atom. The van der Waals surface area contributed by atoms with E-state index in [0.29, 0.717) is 19.0 Å². The normalized spacial score (nSPS) is 25.4. The molecule has 0 spiro atoms. The van der Waals surface area contributed by atoms with E-state index in [2.05, 4.69) is 10.2 Å². The highest BCUT2D eigenvalue weighted by Gasteiger charge is 2.31. The summed E-state index contributed by atoms with van der Waals surface area (Å²) in [6.45, 7) is 4.82. The molecule has 1 aliphatic rings. The lowest BCUT2D eigenvalue weighted by Crippen LogP contribution is -2.12. The van der Waals surface area contributed by atoms with Crippen molar-refractivity contribution in [2.45, 2.75) is 44.0 Å². The van der Waals surface area contributed by atoms with Gasteiger partial charge in [0, 0.05) is 23.1 Å². The summed E-state index contributed by atoms with van der Waals surface area (Å²) in [5, 5.41) is 7.42. The maximum Gasteiger partial charge on any atom is 0.296 e. The number of aromatic nitrogens is 3. The highest BCUT2D eigenvalue weighted by atomic mass is 35.7. The van der Waals surface area contributed by atoms with E-state index in [1.807, 2.05) is 13.8 Å². The van der Waals surface area contributed by atoms with Gasteiger partial charge >= 0.3 is 0 Å². The Labute approximate surface area is 104 Å². The van der Waals surface area contributed by atoms with Crippen LogP contribution in [0.3, 0.4) is 0 Å². The Morgan fingerprint density at radius 3 is 2.71 bits per heavy atom. The van der Waals surface area contributed by atoms with Crippen LogP contribution in [-0.4, -0.2) is 35.9 Å². The first-order valence-corrected chi connectivity index (χ1v) is 7.73. The Kier molecular flexibility index (Phi) is 3.42. The maximum absolute atomic E-state index is 11.3. The molecular weight excluding hydrogens is 266 g/mol. The van der Waals surface area contributed by atoms with Gasteiger partial charge in [0.15, 0.2) is 0 Å². The van der Waals surface area contributed by atoms with E-state index < -0.39 is 9.05 Å². The van der Waals surface area contributed by atoms with Gasteiger partial charge in [-0.05, 0) is 20.3 Å². The van der Waals surface area contributed by atoms with Crippen LogP contribution in [0, 0.1) is 0 Å². The Hall–Kier alpha value is -0.660. The molecule has 1 aromatic rings. The van der Waals surface area contributed by atoms with Crippen molar-refractivity contribution in [1.82, 2.24) is 14.8 Å². The minimum atomic E-state index is -3.85. The summed E-state index contributed by atoms with van der Waals surface area (Å²) in [6.07, 6.45) is 0.985. The molecule has 96 valence electrons. The average Bonchev–Trinajstić information content (AvgIpc) is 2.81. The molecule has 0 aliphatic carbocycles. The SMILES string of the molecule is CCn1c(C2COC(C)C2)nnc1S(=O)(=O)Cl. The van der Waals surface area contributed by atoms with Crippen LogP contribution < -0.4 is 0 Å². The van der Waals surface area contributed by atoms with Crippen LogP contribution in [0.4, 0.5) is 0 Å². The molecule has 8 heteroatoms. The van der Waals surface area contributed by atoms with Crippen LogP contribution in [0.25, 0.3) is 0 Å². The van der Waals surface area contributed by atoms with Gasteiger partial charge < -0.3 is 9.30 Å². The third-order valence-electron chi connectivity index (χ3n) is 2.84. The highest BCUT2D eigenvalue weighted by Crippen LogP contribution is 2.29. The molecular formula is C9H14ClN3O3S. The molecule has 1 saturated heterocycles. The fraction of sp³-hybridized carbons (Fsp3) is 0.778. The van der Waals surface area contributed by atoms with Gasteiger partial charge in [-0.1, -0.05) is 0 Å². The van der Waals surface area contributed by atoms with Crippen molar-refractivity contribution in [1.29, 1.82) is 0 Å². The predicted octanol–water partition coefficient (Wildman–Crippen LogP) is 1.12. The summed E-state index contributed by atoms with van der Waals surface area (Å²) in [5.74, 6) is 0.723. The lowest BCUT2D eigenvalue weighted by atomic mass is 10.1. The predicted molar refractivity (Wildman–Crippen MR) is 61.5 cm³/mol. The van der Waals surface area contributed by atoms with Crippen molar-refractivity contribution >= 4 is 19.7 Å². The van der Waals surface area contributed by atoms with Crippen LogP contribution in [-0.2, 0) is 20.3 Å². The molecule has 0 N–H and O–H groups in total. The number of halogens is 1. The topological polar surface area (TPSA) is 74.1 Å². The van der Waals surface area contributed by atoms with Crippen molar-refractivity contribution in [3.63, 3.8) is 0 Å². The molecule has 0 radical (unpaired) electrons. The molecule has 2 heterocycles. The smallest absolute Gasteiger partial charge is 0.296 e. The van der Waals surface area contributed by atoms with Crippen LogP contribution in [0.15, 0.2) is 5.16 Å². The van der Waals surface area contributed by atoms with Gasteiger partial charge in [-0.25, -0.2) is 8.42 Å². The zero-order valence-electron chi connectivity index (χ0n) is 9.63. The van der Waals surface area contributed by atoms with Gasteiger partial charge in [0.2, 0.25) is 0 Å². The van der Waals surface area contributed by atoms with E-state index in [9.17, 15) is 8.42 Å². The summed E-state index contributed by atoms with van der Waals surface area (Å²) >= 11 is 0. The number of nitrogens with zero attached hydrogens (tertiary/aromatic N) is 3. The molecule has 1 fully saturated rings. The number of hydrogen-bond acceptors (Lipinski definition) is 5. The van der Waals surface area contributed by atoms with Crippen molar-refractivity contribution in [3.05, 3.63) is 5.82 Å². The van der Waals surface area contributed by atoms with E-state index in [-0.39, 0.29) is 17.2 Å². The zero-order valence-corrected chi connectivity index (χ0v) is 11.2. The quantitative estimate of drug-likeness (QED) is 0.775. The van der Waals surface area contributed by atoms with Gasteiger partial charge in [0.05, 0.1) is 12.7 Å². The van der Waals surface area contributed by atoms with Gasteiger partial charge in [0.1, 0.15) is 5.82 Å². The molecule has 2 rings (SSSR count). The standard InChI is InChI=1S/C9H14ClN3O3S/c1-3-13-8(7-4-6(2)16-5-7)11-12-9(13)17(10,14)15/h6-7H,3-5H2,1-2H3. The molecule has 2 atom stereocenters. The second kappa shape index (κ2) is 4.55. The molecule has 17 heavy (non-hydrogen) atoms. The van der Waals surface area contributed by atoms with Crippen LogP contribution in [0.1, 0.15) is 32.0 Å². The molecule has 1 aliphatic heterocycles. The lowest BCUT2D eigenvalue weighted by Gasteiger charge is -2.09. The fourth-order valence-electron chi connectivity index (χ4n) is 2.08. The van der Waals surface area contributed by atoms with Gasteiger partial charge in [0.25, 0.3) is 14.2 Å². The third kappa shape index (κ3) is 2.46. The molecule has 2 unspecified atom stereocenters. The Bertz CT molecular complexity index is 514. The van der Waals surface area contributed by atoms with E-state index in [4.69, 9.17) is 15.4 Å². The van der Waals surface area contributed by atoms with Gasteiger partial charge in [-0.15, -0.1) is 10.2 Å². The Morgan fingerprint density at radius 2 is 2.24 bits per heavy atom. The Balaban J connectivity index is 2.39. The first kappa shape index (κ1) is 12.8. The van der Waals surface area contributed by atoms with Crippen molar-refractivity contribution in [3.8, 4) is 0 Å². The van der Waals surface area contributed by atoms with Crippen molar-refractivity contribution < 1.29 is 13.2 Å². The molecule has 0 bridgehead atoms. The van der Waals surface area contributed by atoms with E-state index in [1.54, 1.807) is 0 Å². The number of rotatable bonds is 3. The fourth-order valence-corrected chi connectivity index (χ4v) is 3.04. The number of ether oxygens (including phenoxy) is 1. The second-order valence-electron chi connectivity index (χ2n) is 4.10. The maximum atomic E-state index is 11.3.